The number of aromatic nitrogens is 2. The number of carbonyl (C=O) groups excluding carboxylic acids is 1. The largest absolute Gasteiger partial charge is 0.384 e. The molecule has 2 N–H and O–H groups in total. The molecule has 1 aromatic heterocycles. The topological polar surface area (TPSA) is 68.2 Å². The van der Waals surface area contributed by atoms with Crippen LogP contribution >= 0.6 is 0 Å². The number of nitrogens with zero attached hydrogens (tertiary/aromatic N) is 2. The molecule has 0 bridgehead atoms. The molecule has 20 heavy (non-hydrogen) atoms. The van der Waals surface area contributed by atoms with Crippen LogP contribution in [0.5, 0.6) is 0 Å². The predicted octanol–water partition coefficient (Wildman–Crippen LogP) is 0.613. The SMILES string of the molecule is COCC1(C(=O)NC(C)c2cnn(C)c2)CCNCC1. The van der Waals surface area contributed by atoms with E-state index in [2.05, 4.69) is 15.7 Å². The van der Waals surface area contributed by atoms with Gasteiger partial charge in [-0.3, -0.25) is 9.48 Å². The summed E-state index contributed by atoms with van der Waals surface area (Å²) in [6.45, 7) is 4.17. The minimum absolute atomic E-state index is 0.0418. The second-order valence-electron chi connectivity index (χ2n) is 5.61. The number of piperidine rings is 1. The van der Waals surface area contributed by atoms with E-state index in [0.717, 1.165) is 31.5 Å². The van der Waals surface area contributed by atoms with Crippen LogP contribution in [0.4, 0.5) is 0 Å². The van der Waals surface area contributed by atoms with Gasteiger partial charge in [-0.2, -0.15) is 5.10 Å². The molecule has 6 nitrogen and oxygen atoms in total. The summed E-state index contributed by atoms with van der Waals surface area (Å²) in [4.78, 5) is 12.7. The van der Waals surface area contributed by atoms with Crippen LogP contribution in [-0.4, -0.2) is 42.5 Å². The smallest absolute Gasteiger partial charge is 0.229 e. The van der Waals surface area contributed by atoms with Gasteiger partial charge in [0.25, 0.3) is 0 Å². The molecule has 0 saturated carbocycles. The maximum atomic E-state index is 12.7. The van der Waals surface area contributed by atoms with Crippen molar-refractivity contribution < 1.29 is 9.53 Å². The van der Waals surface area contributed by atoms with Crippen molar-refractivity contribution >= 4 is 5.91 Å². The molecule has 1 atom stereocenters. The summed E-state index contributed by atoms with van der Waals surface area (Å²) in [5.41, 5.74) is 0.610. The molecule has 1 aromatic rings. The third-order valence-corrected chi connectivity index (χ3v) is 4.04. The average molecular weight is 280 g/mol. The lowest BCUT2D eigenvalue weighted by Crippen LogP contribution is -2.50. The lowest BCUT2D eigenvalue weighted by atomic mass is 9.78. The first-order valence-corrected chi connectivity index (χ1v) is 7.06. The van der Waals surface area contributed by atoms with Gasteiger partial charge in [0.15, 0.2) is 0 Å². The Morgan fingerprint density at radius 1 is 1.60 bits per heavy atom. The van der Waals surface area contributed by atoms with Crippen molar-refractivity contribution in [1.29, 1.82) is 0 Å². The molecule has 0 aromatic carbocycles. The van der Waals surface area contributed by atoms with Crippen LogP contribution in [0.25, 0.3) is 0 Å². The molecule has 1 fully saturated rings. The van der Waals surface area contributed by atoms with Gasteiger partial charge in [-0.25, -0.2) is 0 Å². The Balaban J connectivity index is 2.04. The molecule has 1 saturated heterocycles. The Hall–Kier alpha value is -1.40. The average Bonchev–Trinajstić information content (AvgIpc) is 2.87. The van der Waals surface area contributed by atoms with Crippen LogP contribution in [-0.2, 0) is 16.6 Å². The van der Waals surface area contributed by atoms with Crippen molar-refractivity contribution in [2.75, 3.05) is 26.8 Å². The number of methoxy groups -OCH3 is 1. The summed E-state index contributed by atoms with van der Waals surface area (Å²) in [6, 6.07) is -0.0418. The molecule has 0 aliphatic carbocycles. The highest BCUT2D eigenvalue weighted by molar-refractivity contribution is 5.83. The van der Waals surface area contributed by atoms with E-state index >= 15 is 0 Å². The fourth-order valence-corrected chi connectivity index (χ4v) is 2.72. The summed E-state index contributed by atoms with van der Waals surface area (Å²) in [7, 11) is 3.53. The highest BCUT2D eigenvalue weighted by Crippen LogP contribution is 2.30. The number of ether oxygens (including phenoxy) is 1. The third kappa shape index (κ3) is 3.19. The van der Waals surface area contributed by atoms with Gasteiger partial charge in [-0.05, 0) is 32.9 Å². The molecule has 1 unspecified atom stereocenters. The van der Waals surface area contributed by atoms with Crippen LogP contribution in [0.2, 0.25) is 0 Å². The Kier molecular flexibility index (Phi) is 4.77. The van der Waals surface area contributed by atoms with E-state index in [9.17, 15) is 4.79 Å². The second-order valence-corrected chi connectivity index (χ2v) is 5.61. The molecule has 1 amide bonds. The van der Waals surface area contributed by atoms with E-state index < -0.39 is 5.41 Å². The first-order valence-electron chi connectivity index (χ1n) is 7.06. The lowest BCUT2D eigenvalue weighted by Gasteiger charge is -2.36. The molecular formula is C14H24N4O2. The van der Waals surface area contributed by atoms with Crippen LogP contribution in [0.1, 0.15) is 31.4 Å². The summed E-state index contributed by atoms with van der Waals surface area (Å²) in [5, 5.41) is 10.5. The molecular weight excluding hydrogens is 256 g/mol. The minimum atomic E-state index is -0.406. The zero-order chi connectivity index (χ0) is 14.6. The molecule has 6 heteroatoms. The van der Waals surface area contributed by atoms with E-state index in [4.69, 9.17) is 4.74 Å². The molecule has 1 aliphatic rings. The molecule has 1 aliphatic heterocycles. The molecule has 0 radical (unpaired) electrons. The van der Waals surface area contributed by atoms with E-state index in [1.165, 1.54) is 0 Å². The number of carbonyl (C=O) groups is 1. The monoisotopic (exact) mass is 280 g/mol. The molecule has 0 spiro atoms. The van der Waals surface area contributed by atoms with Crippen LogP contribution in [0.15, 0.2) is 12.4 Å². The van der Waals surface area contributed by atoms with Gasteiger partial charge in [0.2, 0.25) is 5.91 Å². The first kappa shape index (κ1) is 15.0. The minimum Gasteiger partial charge on any atom is -0.384 e. The zero-order valence-electron chi connectivity index (χ0n) is 12.5. The fraction of sp³-hybridized carbons (Fsp3) is 0.714. The van der Waals surface area contributed by atoms with Gasteiger partial charge in [0.1, 0.15) is 0 Å². The molecule has 2 heterocycles. The summed E-state index contributed by atoms with van der Waals surface area (Å²) >= 11 is 0. The van der Waals surface area contributed by atoms with Gasteiger partial charge in [-0.1, -0.05) is 0 Å². The molecule has 2 rings (SSSR count). The van der Waals surface area contributed by atoms with Crippen LogP contribution in [0, 0.1) is 5.41 Å². The van der Waals surface area contributed by atoms with Crippen molar-refractivity contribution in [3.05, 3.63) is 18.0 Å². The van der Waals surface area contributed by atoms with E-state index in [1.54, 1.807) is 18.0 Å². The van der Waals surface area contributed by atoms with Crippen LogP contribution < -0.4 is 10.6 Å². The fourth-order valence-electron chi connectivity index (χ4n) is 2.72. The van der Waals surface area contributed by atoms with Crippen molar-refractivity contribution in [2.45, 2.75) is 25.8 Å². The summed E-state index contributed by atoms with van der Waals surface area (Å²) in [5.74, 6) is 0.0807. The van der Waals surface area contributed by atoms with E-state index in [0.29, 0.717) is 6.61 Å². The number of hydrogen-bond acceptors (Lipinski definition) is 4. The van der Waals surface area contributed by atoms with E-state index in [-0.39, 0.29) is 11.9 Å². The van der Waals surface area contributed by atoms with Gasteiger partial charge in [0, 0.05) is 25.9 Å². The second kappa shape index (κ2) is 6.37. The normalized spacial score (nSPS) is 19.6. The number of amides is 1. The van der Waals surface area contributed by atoms with Crippen molar-refractivity contribution in [3.8, 4) is 0 Å². The standard InChI is InChI=1S/C14H24N4O2/c1-11(12-8-16-18(2)9-12)17-13(19)14(10-20-3)4-6-15-7-5-14/h8-9,11,15H,4-7,10H2,1-3H3,(H,17,19). The van der Waals surface area contributed by atoms with Gasteiger partial charge in [0.05, 0.1) is 24.3 Å². The Bertz CT molecular complexity index is 446. The number of aryl methyl sites for hydroxylation is 1. The predicted molar refractivity (Wildman–Crippen MR) is 76.2 cm³/mol. The quantitative estimate of drug-likeness (QED) is 0.829. The zero-order valence-corrected chi connectivity index (χ0v) is 12.5. The highest BCUT2D eigenvalue weighted by atomic mass is 16.5. The third-order valence-electron chi connectivity index (χ3n) is 4.04. The maximum absolute atomic E-state index is 12.7. The molecule has 112 valence electrons. The van der Waals surface area contributed by atoms with Gasteiger partial charge in [-0.15, -0.1) is 0 Å². The number of hydrogen-bond donors (Lipinski definition) is 2. The van der Waals surface area contributed by atoms with Gasteiger partial charge >= 0.3 is 0 Å². The van der Waals surface area contributed by atoms with Crippen molar-refractivity contribution in [2.24, 2.45) is 12.5 Å². The Morgan fingerprint density at radius 3 is 2.85 bits per heavy atom. The number of nitrogens with one attached hydrogen (secondary N) is 2. The van der Waals surface area contributed by atoms with Crippen molar-refractivity contribution in [3.63, 3.8) is 0 Å². The number of rotatable bonds is 5. The summed E-state index contributed by atoms with van der Waals surface area (Å²) in [6.07, 6.45) is 5.34. The highest BCUT2D eigenvalue weighted by Gasteiger charge is 2.40. The first-order chi connectivity index (χ1) is 9.57. The van der Waals surface area contributed by atoms with Crippen molar-refractivity contribution in [1.82, 2.24) is 20.4 Å². The van der Waals surface area contributed by atoms with Gasteiger partial charge < -0.3 is 15.4 Å². The maximum Gasteiger partial charge on any atom is 0.229 e. The Morgan fingerprint density at radius 2 is 2.30 bits per heavy atom. The Labute approximate surface area is 119 Å². The van der Waals surface area contributed by atoms with E-state index in [1.807, 2.05) is 20.2 Å². The van der Waals surface area contributed by atoms with Crippen LogP contribution in [0.3, 0.4) is 0 Å². The lowest BCUT2D eigenvalue weighted by molar-refractivity contribution is -0.136. The summed E-state index contributed by atoms with van der Waals surface area (Å²) < 4.78 is 7.04.